The van der Waals surface area contributed by atoms with Crippen molar-refractivity contribution in [1.29, 1.82) is 0 Å². The molecule has 1 aliphatic carbocycles. The van der Waals surface area contributed by atoms with Crippen LogP contribution in [-0.4, -0.2) is 28.5 Å². The molecule has 2 heterocycles. The molecule has 2 N–H and O–H groups in total. The first-order valence-corrected chi connectivity index (χ1v) is 10.8. The molecule has 0 bridgehead atoms. The minimum atomic E-state index is -0.293. The monoisotopic (exact) mass is 436 g/mol. The summed E-state index contributed by atoms with van der Waals surface area (Å²) >= 11 is 0. The summed E-state index contributed by atoms with van der Waals surface area (Å²) in [5.41, 5.74) is 4.55. The molecular formula is C24H25FN4O3. The van der Waals surface area contributed by atoms with Crippen LogP contribution in [0.5, 0.6) is 11.5 Å². The van der Waals surface area contributed by atoms with E-state index in [0.29, 0.717) is 18.8 Å². The maximum Gasteiger partial charge on any atom is 0.272 e. The van der Waals surface area contributed by atoms with Crippen LogP contribution in [0.1, 0.15) is 39.3 Å². The lowest BCUT2D eigenvalue weighted by atomic mass is 9.91. The van der Waals surface area contributed by atoms with Gasteiger partial charge in [-0.3, -0.25) is 9.48 Å². The Balaban J connectivity index is 1.23. The number of halogens is 1. The SMILES string of the molecule is Cn1nc(C(=O)NCc2ccc(F)cc2)c2c1CCC(NCc1ccc3c(c1)OCO3)C2. The zero-order valence-electron chi connectivity index (χ0n) is 17.9. The minimum Gasteiger partial charge on any atom is -0.454 e. The topological polar surface area (TPSA) is 77.4 Å². The number of amides is 1. The van der Waals surface area contributed by atoms with Crippen LogP contribution >= 0.6 is 0 Å². The summed E-state index contributed by atoms with van der Waals surface area (Å²) in [4.78, 5) is 12.9. The zero-order chi connectivity index (χ0) is 22.1. The molecule has 8 heteroatoms. The Morgan fingerprint density at radius 2 is 1.91 bits per heavy atom. The van der Waals surface area contributed by atoms with Gasteiger partial charge in [-0.05, 0) is 54.7 Å². The number of fused-ring (bicyclic) bond motifs is 2. The quantitative estimate of drug-likeness (QED) is 0.622. The van der Waals surface area contributed by atoms with Gasteiger partial charge in [-0.2, -0.15) is 5.10 Å². The number of nitrogens with one attached hydrogen (secondary N) is 2. The Morgan fingerprint density at radius 3 is 2.75 bits per heavy atom. The predicted octanol–water partition coefficient (Wildman–Crippen LogP) is 2.87. The third kappa shape index (κ3) is 4.18. The van der Waals surface area contributed by atoms with Crippen molar-refractivity contribution in [2.24, 2.45) is 7.05 Å². The highest BCUT2D eigenvalue weighted by atomic mass is 19.1. The molecule has 0 saturated heterocycles. The van der Waals surface area contributed by atoms with E-state index in [0.717, 1.165) is 53.1 Å². The van der Waals surface area contributed by atoms with Crippen molar-refractivity contribution in [3.05, 3.63) is 76.4 Å². The fourth-order valence-electron chi connectivity index (χ4n) is 4.33. The Labute approximate surface area is 185 Å². The van der Waals surface area contributed by atoms with E-state index in [1.54, 1.807) is 12.1 Å². The number of hydrogen-bond donors (Lipinski definition) is 2. The normalized spacial score (nSPS) is 16.6. The Kier molecular flexibility index (Phi) is 5.53. The summed E-state index contributed by atoms with van der Waals surface area (Å²) in [6.45, 7) is 1.31. The summed E-state index contributed by atoms with van der Waals surface area (Å²) < 4.78 is 25.7. The molecule has 1 aliphatic heterocycles. The molecule has 0 spiro atoms. The molecule has 2 aliphatic rings. The number of ether oxygens (including phenoxy) is 2. The van der Waals surface area contributed by atoms with Crippen LogP contribution in [-0.2, 0) is 33.0 Å². The number of hydrogen-bond acceptors (Lipinski definition) is 5. The second-order valence-corrected chi connectivity index (χ2v) is 8.21. The molecule has 3 aromatic rings. The molecule has 1 unspecified atom stereocenters. The van der Waals surface area contributed by atoms with Gasteiger partial charge in [-0.1, -0.05) is 18.2 Å². The summed E-state index contributed by atoms with van der Waals surface area (Å²) in [6, 6.07) is 12.3. The number of aromatic nitrogens is 2. The van der Waals surface area contributed by atoms with Crippen LogP contribution in [0.15, 0.2) is 42.5 Å². The first-order valence-electron chi connectivity index (χ1n) is 10.8. The van der Waals surface area contributed by atoms with E-state index in [9.17, 15) is 9.18 Å². The van der Waals surface area contributed by atoms with Crippen molar-refractivity contribution in [2.45, 2.75) is 38.4 Å². The van der Waals surface area contributed by atoms with Gasteiger partial charge >= 0.3 is 0 Å². The molecule has 7 nitrogen and oxygen atoms in total. The maximum absolute atomic E-state index is 13.1. The van der Waals surface area contributed by atoms with E-state index in [2.05, 4.69) is 15.7 Å². The molecule has 166 valence electrons. The van der Waals surface area contributed by atoms with E-state index in [-0.39, 0.29) is 24.6 Å². The highest BCUT2D eigenvalue weighted by molar-refractivity contribution is 5.94. The lowest BCUT2D eigenvalue weighted by Gasteiger charge is -2.24. The first kappa shape index (κ1) is 20.5. The van der Waals surface area contributed by atoms with Gasteiger partial charge in [-0.15, -0.1) is 0 Å². The maximum atomic E-state index is 13.1. The highest BCUT2D eigenvalue weighted by Crippen LogP contribution is 2.32. The lowest BCUT2D eigenvalue weighted by molar-refractivity contribution is 0.0944. The highest BCUT2D eigenvalue weighted by Gasteiger charge is 2.28. The van der Waals surface area contributed by atoms with Crippen LogP contribution in [0.4, 0.5) is 4.39 Å². The predicted molar refractivity (Wildman–Crippen MR) is 116 cm³/mol. The van der Waals surface area contributed by atoms with Crippen molar-refractivity contribution < 1.29 is 18.7 Å². The molecule has 2 aromatic carbocycles. The minimum absolute atomic E-state index is 0.206. The smallest absolute Gasteiger partial charge is 0.272 e. The first-order chi connectivity index (χ1) is 15.6. The van der Waals surface area contributed by atoms with Gasteiger partial charge in [-0.25, -0.2) is 4.39 Å². The van der Waals surface area contributed by atoms with Gasteiger partial charge in [0.15, 0.2) is 17.2 Å². The van der Waals surface area contributed by atoms with Crippen molar-refractivity contribution >= 4 is 5.91 Å². The number of benzene rings is 2. The summed E-state index contributed by atoms with van der Waals surface area (Å²) in [6.07, 6.45) is 2.59. The van der Waals surface area contributed by atoms with E-state index in [1.165, 1.54) is 12.1 Å². The van der Waals surface area contributed by atoms with Gasteiger partial charge in [0.1, 0.15) is 5.82 Å². The molecule has 1 aromatic heterocycles. The van der Waals surface area contributed by atoms with Crippen molar-refractivity contribution in [1.82, 2.24) is 20.4 Å². The Hall–Kier alpha value is -3.39. The van der Waals surface area contributed by atoms with Crippen LogP contribution in [0.3, 0.4) is 0 Å². The van der Waals surface area contributed by atoms with Crippen LogP contribution in [0.25, 0.3) is 0 Å². The molecule has 1 atom stereocenters. The average molecular weight is 436 g/mol. The van der Waals surface area contributed by atoms with Crippen molar-refractivity contribution in [2.75, 3.05) is 6.79 Å². The number of carbonyl (C=O) groups excluding carboxylic acids is 1. The Morgan fingerprint density at radius 1 is 1.12 bits per heavy atom. The molecule has 0 fully saturated rings. The van der Waals surface area contributed by atoms with Gasteiger partial charge in [0.25, 0.3) is 5.91 Å². The zero-order valence-corrected chi connectivity index (χ0v) is 17.9. The fourth-order valence-corrected chi connectivity index (χ4v) is 4.33. The van der Waals surface area contributed by atoms with E-state index >= 15 is 0 Å². The van der Waals surface area contributed by atoms with Gasteiger partial charge in [0.2, 0.25) is 6.79 Å². The average Bonchev–Trinajstić information content (AvgIpc) is 3.41. The molecule has 0 saturated carbocycles. The third-order valence-corrected chi connectivity index (χ3v) is 6.07. The van der Waals surface area contributed by atoms with E-state index in [4.69, 9.17) is 9.47 Å². The number of rotatable bonds is 6. The van der Waals surface area contributed by atoms with Gasteiger partial charge in [0.05, 0.1) is 0 Å². The van der Waals surface area contributed by atoms with Gasteiger partial charge in [0, 0.05) is 37.4 Å². The summed E-state index contributed by atoms with van der Waals surface area (Å²) in [7, 11) is 1.88. The van der Waals surface area contributed by atoms with Crippen molar-refractivity contribution in [3.8, 4) is 11.5 Å². The van der Waals surface area contributed by atoms with Crippen LogP contribution in [0, 0.1) is 5.82 Å². The summed E-state index contributed by atoms with van der Waals surface area (Å²) in [5, 5.41) is 11.0. The molecule has 5 rings (SSSR count). The fraction of sp³-hybridized carbons (Fsp3) is 0.333. The van der Waals surface area contributed by atoms with Gasteiger partial charge < -0.3 is 20.1 Å². The Bertz CT molecular complexity index is 1140. The van der Waals surface area contributed by atoms with E-state index in [1.807, 2.05) is 29.9 Å². The second-order valence-electron chi connectivity index (χ2n) is 8.21. The molecule has 1 amide bonds. The van der Waals surface area contributed by atoms with E-state index < -0.39 is 0 Å². The third-order valence-electron chi connectivity index (χ3n) is 6.07. The molecule has 32 heavy (non-hydrogen) atoms. The van der Waals surface area contributed by atoms with Crippen LogP contribution in [0.2, 0.25) is 0 Å². The lowest BCUT2D eigenvalue weighted by Crippen LogP contribution is -2.35. The van der Waals surface area contributed by atoms with Crippen molar-refractivity contribution in [3.63, 3.8) is 0 Å². The molecule has 0 radical (unpaired) electrons. The largest absolute Gasteiger partial charge is 0.454 e. The van der Waals surface area contributed by atoms with Crippen LogP contribution < -0.4 is 20.1 Å². The number of carbonyl (C=O) groups is 1. The summed E-state index contributed by atoms with van der Waals surface area (Å²) in [5.74, 6) is 1.06. The standard InChI is InChI=1S/C24H25FN4O3/c1-29-20-8-7-18(26-13-16-4-9-21-22(10-16)32-14-31-21)11-19(20)23(28-29)24(30)27-12-15-2-5-17(25)6-3-15/h2-6,9-10,18,26H,7-8,11-14H2,1H3,(H,27,30). The molecular weight excluding hydrogens is 411 g/mol. The number of nitrogens with zero attached hydrogens (tertiary/aromatic N) is 2. The number of aryl methyl sites for hydroxylation is 1. The second kappa shape index (κ2) is 8.63.